The predicted molar refractivity (Wildman–Crippen MR) is 110 cm³/mol. The number of fused-ring (bicyclic) bond motifs is 1. The maximum absolute atomic E-state index is 12.5. The fourth-order valence-corrected chi connectivity index (χ4v) is 2.98. The number of oxazole rings is 1. The maximum atomic E-state index is 12.5. The number of carbonyl (C=O) groups excluding carboxylic acids is 1. The lowest BCUT2D eigenvalue weighted by Gasteiger charge is -2.06. The molecule has 3 aromatic carbocycles. The van der Waals surface area contributed by atoms with Crippen LogP contribution < -0.4 is 5.32 Å². The monoisotopic (exact) mass is 387 g/mol. The Morgan fingerprint density at radius 2 is 1.79 bits per heavy atom. The third-order valence-electron chi connectivity index (χ3n) is 4.61. The molecule has 7 heteroatoms. The van der Waals surface area contributed by atoms with Crippen LogP contribution in [-0.4, -0.2) is 15.8 Å². The summed E-state index contributed by atoms with van der Waals surface area (Å²) in [6, 6.07) is 17.4. The molecular formula is C22H17N3O4. The second-order valence-corrected chi connectivity index (χ2v) is 6.78. The van der Waals surface area contributed by atoms with E-state index >= 15 is 0 Å². The lowest BCUT2D eigenvalue weighted by Crippen LogP contribution is -2.12. The zero-order chi connectivity index (χ0) is 20.5. The summed E-state index contributed by atoms with van der Waals surface area (Å²) in [5.74, 6) is 0.0624. The van der Waals surface area contributed by atoms with Crippen molar-refractivity contribution < 1.29 is 14.1 Å². The molecule has 1 N–H and O–H groups in total. The van der Waals surface area contributed by atoms with Crippen LogP contribution in [0.5, 0.6) is 0 Å². The highest BCUT2D eigenvalue weighted by atomic mass is 16.6. The first-order valence-electron chi connectivity index (χ1n) is 8.95. The zero-order valence-corrected chi connectivity index (χ0v) is 15.8. The normalized spacial score (nSPS) is 10.8. The van der Waals surface area contributed by atoms with E-state index in [-0.39, 0.29) is 11.3 Å². The Kier molecular flexibility index (Phi) is 4.56. The lowest BCUT2D eigenvalue weighted by atomic mass is 10.1. The summed E-state index contributed by atoms with van der Waals surface area (Å²) in [5.41, 5.74) is 4.36. The molecular weight excluding hydrogens is 370 g/mol. The number of nitro benzene ring substituents is 1. The number of anilines is 1. The van der Waals surface area contributed by atoms with Crippen LogP contribution in [0, 0.1) is 24.0 Å². The van der Waals surface area contributed by atoms with Gasteiger partial charge in [0, 0.05) is 28.4 Å². The van der Waals surface area contributed by atoms with Crippen molar-refractivity contribution in [2.24, 2.45) is 0 Å². The fraction of sp³-hybridized carbons (Fsp3) is 0.0909. The Hall–Kier alpha value is -4.00. The number of aromatic nitrogens is 1. The average Bonchev–Trinajstić information content (AvgIpc) is 3.12. The highest BCUT2D eigenvalue weighted by Gasteiger charge is 2.16. The van der Waals surface area contributed by atoms with Gasteiger partial charge in [0.15, 0.2) is 5.58 Å². The van der Waals surface area contributed by atoms with Gasteiger partial charge in [-0.05, 0) is 50.2 Å². The minimum atomic E-state index is -0.500. The first kappa shape index (κ1) is 18.4. The molecule has 0 saturated carbocycles. The standard InChI is InChI=1S/C22H17N3O4/c1-13-3-6-15(7-4-13)22-24-18-12-17(9-10-20(18)29-22)23-21(26)16-8-5-14(2)19(11-16)25(27)28/h3-12H,1-2H3,(H,23,26). The summed E-state index contributed by atoms with van der Waals surface area (Å²) in [5, 5.41) is 13.8. The van der Waals surface area contributed by atoms with Crippen LogP contribution in [-0.2, 0) is 0 Å². The van der Waals surface area contributed by atoms with Crippen LogP contribution in [0.1, 0.15) is 21.5 Å². The van der Waals surface area contributed by atoms with E-state index in [2.05, 4.69) is 10.3 Å². The Labute approximate surface area is 166 Å². The van der Waals surface area contributed by atoms with Crippen molar-refractivity contribution in [3.63, 3.8) is 0 Å². The second-order valence-electron chi connectivity index (χ2n) is 6.78. The van der Waals surface area contributed by atoms with Crippen LogP contribution in [0.2, 0.25) is 0 Å². The smallest absolute Gasteiger partial charge is 0.273 e. The molecule has 1 heterocycles. The largest absolute Gasteiger partial charge is 0.436 e. The fourth-order valence-electron chi connectivity index (χ4n) is 2.98. The Balaban J connectivity index is 1.60. The summed E-state index contributed by atoms with van der Waals surface area (Å²) in [4.78, 5) is 27.6. The van der Waals surface area contributed by atoms with E-state index in [0.29, 0.717) is 28.2 Å². The van der Waals surface area contributed by atoms with Gasteiger partial charge in [0.25, 0.3) is 11.6 Å². The van der Waals surface area contributed by atoms with Gasteiger partial charge >= 0.3 is 0 Å². The highest BCUT2D eigenvalue weighted by molar-refractivity contribution is 6.05. The van der Waals surface area contributed by atoms with Gasteiger partial charge in [0.2, 0.25) is 5.89 Å². The van der Waals surface area contributed by atoms with Crippen molar-refractivity contribution in [1.29, 1.82) is 0 Å². The molecule has 4 aromatic rings. The number of aryl methyl sites for hydroxylation is 2. The van der Waals surface area contributed by atoms with Gasteiger partial charge in [-0.1, -0.05) is 23.8 Å². The Morgan fingerprint density at radius 1 is 1.03 bits per heavy atom. The zero-order valence-electron chi connectivity index (χ0n) is 15.8. The van der Waals surface area contributed by atoms with Crippen LogP contribution in [0.15, 0.2) is 65.1 Å². The molecule has 0 aliphatic carbocycles. The summed E-state index contributed by atoms with van der Waals surface area (Å²) in [6.45, 7) is 3.64. The molecule has 0 radical (unpaired) electrons. The third-order valence-corrected chi connectivity index (χ3v) is 4.61. The van der Waals surface area contributed by atoms with Gasteiger partial charge in [0.1, 0.15) is 5.52 Å². The molecule has 0 aliphatic heterocycles. The predicted octanol–water partition coefficient (Wildman–Crippen LogP) is 5.27. The molecule has 0 aliphatic rings. The molecule has 0 atom stereocenters. The number of nitrogens with zero attached hydrogens (tertiary/aromatic N) is 2. The van der Waals surface area contributed by atoms with Crippen LogP contribution in [0.4, 0.5) is 11.4 Å². The van der Waals surface area contributed by atoms with Crippen LogP contribution in [0.25, 0.3) is 22.6 Å². The van der Waals surface area contributed by atoms with Gasteiger partial charge in [0.05, 0.1) is 4.92 Å². The second kappa shape index (κ2) is 7.20. The van der Waals surface area contributed by atoms with Crippen LogP contribution >= 0.6 is 0 Å². The van der Waals surface area contributed by atoms with E-state index in [4.69, 9.17) is 4.42 Å². The van der Waals surface area contributed by atoms with Crippen molar-refractivity contribution >= 4 is 28.4 Å². The highest BCUT2D eigenvalue weighted by Crippen LogP contribution is 2.27. The van der Waals surface area contributed by atoms with Crippen molar-refractivity contribution in [3.05, 3.63) is 87.5 Å². The van der Waals surface area contributed by atoms with Gasteiger partial charge in [-0.3, -0.25) is 14.9 Å². The van der Waals surface area contributed by atoms with Crippen molar-refractivity contribution in [3.8, 4) is 11.5 Å². The number of rotatable bonds is 4. The summed E-state index contributed by atoms with van der Waals surface area (Å²) >= 11 is 0. The van der Waals surface area contributed by atoms with Gasteiger partial charge in [-0.25, -0.2) is 4.98 Å². The number of nitro groups is 1. The maximum Gasteiger partial charge on any atom is 0.273 e. The molecule has 0 bridgehead atoms. The molecule has 0 fully saturated rings. The summed E-state index contributed by atoms with van der Waals surface area (Å²) < 4.78 is 5.80. The van der Waals surface area contributed by atoms with Crippen LogP contribution in [0.3, 0.4) is 0 Å². The SMILES string of the molecule is Cc1ccc(-c2nc3cc(NC(=O)c4ccc(C)c([N+](=O)[O-])c4)ccc3o2)cc1. The molecule has 0 unspecified atom stereocenters. The van der Waals surface area contributed by atoms with Crippen molar-refractivity contribution in [2.75, 3.05) is 5.32 Å². The number of benzene rings is 3. The lowest BCUT2D eigenvalue weighted by molar-refractivity contribution is -0.385. The summed E-state index contributed by atoms with van der Waals surface area (Å²) in [6.07, 6.45) is 0. The van der Waals surface area contributed by atoms with E-state index in [1.54, 1.807) is 37.3 Å². The quantitative estimate of drug-likeness (QED) is 0.380. The number of hydrogen-bond acceptors (Lipinski definition) is 5. The van der Waals surface area contributed by atoms with Gasteiger partial charge in [-0.2, -0.15) is 0 Å². The molecule has 4 rings (SSSR count). The van der Waals surface area contributed by atoms with E-state index < -0.39 is 10.8 Å². The van der Waals surface area contributed by atoms with Crippen molar-refractivity contribution in [1.82, 2.24) is 4.98 Å². The summed E-state index contributed by atoms with van der Waals surface area (Å²) in [7, 11) is 0. The molecule has 0 saturated heterocycles. The third kappa shape index (κ3) is 3.70. The minimum absolute atomic E-state index is 0.0904. The van der Waals surface area contributed by atoms with Gasteiger partial charge < -0.3 is 9.73 Å². The Bertz CT molecular complexity index is 1240. The van der Waals surface area contributed by atoms with Gasteiger partial charge in [-0.15, -0.1) is 0 Å². The number of nitrogens with one attached hydrogen (secondary N) is 1. The van der Waals surface area contributed by atoms with E-state index in [0.717, 1.165) is 11.1 Å². The first-order chi connectivity index (χ1) is 13.9. The Morgan fingerprint density at radius 3 is 2.52 bits per heavy atom. The molecule has 1 amide bonds. The van der Waals surface area contributed by atoms with E-state index in [1.807, 2.05) is 31.2 Å². The van der Waals surface area contributed by atoms with Crippen molar-refractivity contribution in [2.45, 2.75) is 13.8 Å². The molecule has 29 heavy (non-hydrogen) atoms. The average molecular weight is 387 g/mol. The minimum Gasteiger partial charge on any atom is -0.436 e. The van der Waals surface area contributed by atoms with E-state index in [1.165, 1.54) is 6.07 Å². The molecule has 1 aromatic heterocycles. The number of hydrogen-bond donors (Lipinski definition) is 1. The first-order valence-corrected chi connectivity index (χ1v) is 8.95. The molecule has 0 spiro atoms. The molecule has 7 nitrogen and oxygen atoms in total. The van der Waals surface area contributed by atoms with E-state index in [9.17, 15) is 14.9 Å². The molecule has 144 valence electrons. The topological polar surface area (TPSA) is 98.3 Å². The number of carbonyl (C=O) groups is 1. The number of amides is 1.